The number of aryl methyl sites for hydroxylation is 1. The summed E-state index contributed by atoms with van der Waals surface area (Å²) in [5.41, 5.74) is 7.37. The van der Waals surface area contributed by atoms with E-state index in [-0.39, 0.29) is 18.0 Å². The molecule has 6 rings (SSSR count). The summed E-state index contributed by atoms with van der Waals surface area (Å²) in [5.74, 6) is 0.873. The molecule has 4 heteroatoms. The number of hydrogen-bond acceptors (Lipinski definition) is 2. The number of fused-ring (bicyclic) bond motifs is 2. The maximum Gasteiger partial charge on any atom is 0.255 e. The molecule has 0 N–H and O–H groups in total. The van der Waals surface area contributed by atoms with Crippen LogP contribution in [0, 0.1) is 0 Å². The van der Waals surface area contributed by atoms with Crippen LogP contribution in [0.5, 0.6) is 5.75 Å². The number of para-hydroxylation sites is 1. The van der Waals surface area contributed by atoms with Crippen molar-refractivity contribution in [3.63, 3.8) is 0 Å². The van der Waals surface area contributed by atoms with Crippen molar-refractivity contribution >= 4 is 16.8 Å². The molecule has 1 aliphatic rings. The molecule has 0 unspecified atom stereocenters. The number of ether oxygens (including phenoxy) is 1. The van der Waals surface area contributed by atoms with Crippen molar-refractivity contribution in [1.82, 2.24) is 9.47 Å². The van der Waals surface area contributed by atoms with Crippen LogP contribution < -0.4 is 4.74 Å². The van der Waals surface area contributed by atoms with Gasteiger partial charge in [-0.25, -0.2) is 0 Å². The summed E-state index contributed by atoms with van der Waals surface area (Å²) >= 11 is 0. The van der Waals surface area contributed by atoms with Gasteiger partial charge in [-0.1, -0.05) is 78.9 Å². The van der Waals surface area contributed by atoms with E-state index < -0.39 is 0 Å². The lowest BCUT2D eigenvalue weighted by molar-refractivity contribution is 0.0678. The summed E-state index contributed by atoms with van der Waals surface area (Å²) in [6.07, 6.45) is 0. The summed E-state index contributed by atoms with van der Waals surface area (Å²) < 4.78 is 7.82. The Bertz CT molecular complexity index is 1580. The van der Waals surface area contributed by atoms with Crippen molar-refractivity contribution in [3.05, 3.63) is 125 Å². The molecule has 0 radical (unpaired) electrons. The summed E-state index contributed by atoms with van der Waals surface area (Å²) in [6.45, 7) is 2.13. The van der Waals surface area contributed by atoms with Crippen molar-refractivity contribution in [2.45, 2.75) is 19.0 Å². The summed E-state index contributed by atoms with van der Waals surface area (Å²) in [4.78, 5) is 16.0. The Balaban J connectivity index is 1.66. The van der Waals surface area contributed by atoms with Gasteiger partial charge in [0.1, 0.15) is 5.75 Å². The molecule has 36 heavy (non-hydrogen) atoms. The fourth-order valence-corrected chi connectivity index (χ4v) is 5.74. The lowest BCUT2D eigenvalue weighted by Gasteiger charge is -2.32. The highest BCUT2D eigenvalue weighted by Gasteiger charge is 2.43. The lowest BCUT2D eigenvalue weighted by Crippen LogP contribution is -2.31. The minimum atomic E-state index is -0.226. The van der Waals surface area contributed by atoms with Gasteiger partial charge in [-0.15, -0.1) is 0 Å². The van der Waals surface area contributed by atoms with Crippen LogP contribution in [0.15, 0.2) is 103 Å². The Labute approximate surface area is 211 Å². The van der Waals surface area contributed by atoms with Crippen LogP contribution in [0.25, 0.3) is 22.2 Å². The second-order valence-electron chi connectivity index (χ2n) is 9.36. The Morgan fingerprint density at radius 3 is 2.36 bits per heavy atom. The largest absolute Gasteiger partial charge is 0.497 e. The number of aromatic nitrogens is 1. The number of nitrogens with zero attached hydrogens (tertiary/aromatic N) is 2. The van der Waals surface area contributed by atoms with Crippen molar-refractivity contribution in [1.29, 1.82) is 0 Å². The van der Waals surface area contributed by atoms with E-state index in [2.05, 4.69) is 78.0 Å². The number of carbonyl (C=O) groups is 1. The van der Waals surface area contributed by atoms with Gasteiger partial charge in [0.25, 0.3) is 5.91 Å². The number of benzene rings is 4. The van der Waals surface area contributed by atoms with Gasteiger partial charge >= 0.3 is 0 Å². The van der Waals surface area contributed by atoms with Crippen LogP contribution >= 0.6 is 0 Å². The Hall–Kier alpha value is -4.31. The highest BCUT2D eigenvalue weighted by atomic mass is 16.5. The molecule has 0 aliphatic carbocycles. The molecule has 1 aliphatic heterocycles. The van der Waals surface area contributed by atoms with E-state index in [0.717, 1.165) is 50.2 Å². The molecule has 178 valence electrons. The molecule has 2 atom stereocenters. The molecule has 0 bridgehead atoms. The third-order valence-corrected chi connectivity index (χ3v) is 7.46. The number of rotatable bonds is 5. The van der Waals surface area contributed by atoms with Gasteiger partial charge in [0.05, 0.1) is 24.9 Å². The van der Waals surface area contributed by atoms with Gasteiger partial charge in [0.2, 0.25) is 0 Å². The molecule has 1 amide bonds. The van der Waals surface area contributed by atoms with Crippen LogP contribution in [-0.2, 0) is 7.05 Å². The maximum atomic E-state index is 14.0. The number of hydrogen-bond donors (Lipinski definition) is 0. The van der Waals surface area contributed by atoms with E-state index in [4.69, 9.17) is 4.74 Å². The molecule has 0 saturated heterocycles. The fourth-order valence-electron chi connectivity index (χ4n) is 5.74. The van der Waals surface area contributed by atoms with Gasteiger partial charge in [-0.3, -0.25) is 4.79 Å². The first-order chi connectivity index (χ1) is 17.6. The SMILES string of the molecule is COc1cccc(-c2c([C@@H]3c4ccccc4C(=O)N3[C@@H](C)c3ccccc3)c3ccccc3n2C)c1. The van der Waals surface area contributed by atoms with Crippen molar-refractivity contribution in [2.75, 3.05) is 7.11 Å². The molecule has 5 aromatic rings. The summed E-state index contributed by atoms with van der Waals surface area (Å²) in [6, 6.07) is 34.7. The van der Waals surface area contributed by atoms with E-state index in [1.807, 2.05) is 48.5 Å². The van der Waals surface area contributed by atoms with Crippen LogP contribution in [0.1, 0.15) is 46.1 Å². The first kappa shape index (κ1) is 22.2. The number of carbonyl (C=O) groups excluding carboxylic acids is 1. The van der Waals surface area contributed by atoms with Gasteiger partial charge in [-0.2, -0.15) is 0 Å². The van der Waals surface area contributed by atoms with E-state index in [0.29, 0.717) is 0 Å². The standard InChI is InChI=1S/C32H28N2O2/c1-21(22-12-5-4-6-13-22)34-31(25-16-7-8-17-26(25)32(34)35)29-27-18-9-10-19-28(27)33(2)30(29)23-14-11-15-24(20-23)36-3/h4-21,31H,1-3H3/t21-,31-/m0/s1. The molecule has 4 nitrogen and oxygen atoms in total. The smallest absolute Gasteiger partial charge is 0.255 e. The highest BCUT2D eigenvalue weighted by molar-refractivity contribution is 6.02. The van der Waals surface area contributed by atoms with Crippen molar-refractivity contribution in [3.8, 4) is 17.0 Å². The second kappa shape index (κ2) is 8.72. The van der Waals surface area contributed by atoms with Crippen LogP contribution in [0.2, 0.25) is 0 Å². The predicted molar refractivity (Wildman–Crippen MR) is 144 cm³/mol. The molecule has 0 spiro atoms. The van der Waals surface area contributed by atoms with Crippen molar-refractivity contribution in [2.24, 2.45) is 7.05 Å². The molecule has 4 aromatic carbocycles. The molecule has 0 fully saturated rings. The highest BCUT2D eigenvalue weighted by Crippen LogP contribution is 2.49. The Kier molecular flexibility index (Phi) is 5.37. The number of amides is 1. The summed E-state index contributed by atoms with van der Waals surface area (Å²) in [5, 5.41) is 1.15. The molecular weight excluding hydrogens is 444 g/mol. The molecular formula is C32H28N2O2. The molecule has 1 aromatic heterocycles. The lowest BCUT2D eigenvalue weighted by atomic mass is 9.92. The molecule has 0 saturated carbocycles. The average Bonchev–Trinajstić information content (AvgIpc) is 3.39. The van der Waals surface area contributed by atoms with E-state index in [9.17, 15) is 4.79 Å². The molecule has 2 heterocycles. The van der Waals surface area contributed by atoms with Gasteiger partial charge in [0, 0.05) is 34.6 Å². The van der Waals surface area contributed by atoms with Crippen LogP contribution in [-0.4, -0.2) is 22.5 Å². The first-order valence-corrected chi connectivity index (χ1v) is 12.3. The average molecular weight is 473 g/mol. The van der Waals surface area contributed by atoms with Crippen LogP contribution in [0.3, 0.4) is 0 Å². The third kappa shape index (κ3) is 3.33. The topological polar surface area (TPSA) is 34.5 Å². The minimum absolute atomic E-state index is 0.0662. The second-order valence-corrected chi connectivity index (χ2v) is 9.36. The van der Waals surface area contributed by atoms with E-state index >= 15 is 0 Å². The van der Waals surface area contributed by atoms with E-state index in [1.54, 1.807) is 7.11 Å². The zero-order valence-electron chi connectivity index (χ0n) is 20.7. The zero-order chi connectivity index (χ0) is 24.8. The first-order valence-electron chi connectivity index (χ1n) is 12.3. The van der Waals surface area contributed by atoms with E-state index in [1.165, 1.54) is 0 Å². The Morgan fingerprint density at radius 1 is 0.833 bits per heavy atom. The summed E-state index contributed by atoms with van der Waals surface area (Å²) in [7, 11) is 3.80. The third-order valence-electron chi connectivity index (χ3n) is 7.46. The van der Waals surface area contributed by atoms with Gasteiger partial charge < -0.3 is 14.2 Å². The monoisotopic (exact) mass is 472 g/mol. The zero-order valence-corrected chi connectivity index (χ0v) is 20.7. The van der Waals surface area contributed by atoms with Crippen LogP contribution in [0.4, 0.5) is 0 Å². The number of methoxy groups -OCH3 is 1. The normalized spacial score (nSPS) is 15.8. The predicted octanol–water partition coefficient (Wildman–Crippen LogP) is 7.16. The van der Waals surface area contributed by atoms with Gasteiger partial charge in [0.15, 0.2) is 0 Å². The fraction of sp³-hybridized carbons (Fsp3) is 0.156. The van der Waals surface area contributed by atoms with Gasteiger partial charge in [-0.05, 0) is 42.3 Å². The Morgan fingerprint density at radius 2 is 1.56 bits per heavy atom. The minimum Gasteiger partial charge on any atom is -0.497 e. The van der Waals surface area contributed by atoms with Crippen molar-refractivity contribution < 1.29 is 9.53 Å². The quantitative estimate of drug-likeness (QED) is 0.272. The maximum absolute atomic E-state index is 14.0.